The van der Waals surface area contributed by atoms with E-state index in [1.165, 1.54) is 6.20 Å². The first-order valence-corrected chi connectivity index (χ1v) is 8.09. The van der Waals surface area contributed by atoms with Crippen LogP contribution < -0.4 is 16.5 Å². The Morgan fingerprint density at radius 2 is 1.84 bits per heavy atom. The lowest BCUT2D eigenvalue weighted by Crippen LogP contribution is -2.24. The maximum atomic E-state index is 12.7. The fourth-order valence-corrected chi connectivity index (χ4v) is 2.85. The molecule has 0 aliphatic heterocycles. The topological polar surface area (TPSA) is 88.0 Å². The van der Waals surface area contributed by atoms with Crippen LogP contribution in [0.15, 0.2) is 53.5 Å². The summed E-state index contributed by atoms with van der Waals surface area (Å²) in [5.41, 5.74) is 8.28. The Hall–Kier alpha value is -3.08. The molecule has 5 nitrogen and oxygen atoms in total. The molecule has 25 heavy (non-hydrogen) atoms. The summed E-state index contributed by atoms with van der Waals surface area (Å²) >= 11 is 0. The third-order valence-corrected chi connectivity index (χ3v) is 4.13. The van der Waals surface area contributed by atoms with E-state index in [2.05, 4.69) is 31.1 Å². The number of amides is 1. The number of anilines is 2. The molecule has 2 aromatic carbocycles. The number of nitrogens with two attached hydrogens (primary N) is 1. The highest BCUT2D eigenvalue weighted by Crippen LogP contribution is 2.31. The van der Waals surface area contributed by atoms with E-state index in [-0.39, 0.29) is 16.4 Å². The van der Waals surface area contributed by atoms with Crippen LogP contribution in [-0.4, -0.2) is 10.9 Å². The zero-order valence-electron chi connectivity index (χ0n) is 14.5. The maximum Gasteiger partial charge on any atom is 0.261 e. The average molecular weight is 335 g/mol. The van der Waals surface area contributed by atoms with Gasteiger partial charge in [0.2, 0.25) is 5.43 Å². The van der Waals surface area contributed by atoms with Crippen molar-refractivity contribution in [1.29, 1.82) is 0 Å². The van der Waals surface area contributed by atoms with Crippen LogP contribution in [0, 0.1) is 0 Å². The van der Waals surface area contributed by atoms with Gasteiger partial charge in [0.1, 0.15) is 5.56 Å². The second-order valence-corrected chi connectivity index (χ2v) is 7.09. The number of carbonyl (C=O) groups excluding carboxylic acids is 1. The summed E-state index contributed by atoms with van der Waals surface area (Å²) in [6.07, 6.45) is 1.45. The Balaban J connectivity index is 2.03. The number of para-hydroxylation sites is 1. The van der Waals surface area contributed by atoms with Crippen LogP contribution in [0.25, 0.3) is 10.9 Å². The monoisotopic (exact) mass is 335 g/mol. The Labute approximate surface area is 145 Å². The first kappa shape index (κ1) is 16.8. The molecule has 0 unspecified atom stereocenters. The number of pyridine rings is 1. The molecule has 5 heteroatoms. The molecule has 128 valence electrons. The van der Waals surface area contributed by atoms with Gasteiger partial charge in [-0.2, -0.15) is 0 Å². The zero-order chi connectivity index (χ0) is 18.2. The summed E-state index contributed by atoms with van der Waals surface area (Å²) in [7, 11) is 0. The van der Waals surface area contributed by atoms with Gasteiger partial charge in [0.15, 0.2) is 0 Å². The van der Waals surface area contributed by atoms with Gasteiger partial charge in [-0.25, -0.2) is 0 Å². The van der Waals surface area contributed by atoms with Crippen LogP contribution in [0.1, 0.15) is 36.7 Å². The predicted molar refractivity (Wildman–Crippen MR) is 102 cm³/mol. The molecular weight excluding hydrogens is 314 g/mol. The number of benzene rings is 2. The van der Waals surface area contributed by atoms with Crippen LogP contribution in [-0.2, 0) is 5.41 Å². The normalized spacial score (nSPS) is 11.5. The number of rotatable bonds is 2. The lowest BCUT2D eigenvalue weighted by Gasteiger charge is -2.23. The van der Waals surface area contributed by atoms with Gasteiger partial charge in [-0.15, -0.1) is 0 Å². The average Bonchev–Trinajstić information content (AvgIpc) is 2.54. The minimum absolute atomic E-state index is 0.0704. The first-order valence-electron chi connectivity index (χ1n) is 8.09. The number of fused-ring (bicyclic) bond motifs is 1. The van der Waals surface area contributed by atoms with Crippen molar-refractivity contribution in [2.45, 2.75) is 26.2 Å². The number of H-pyrrole nitrogens is 1. The van der Waals surface area contributed by atoms with Crippen LogP contribution in [0.5, 0.6) is 0 Å². The Bertz CT molecular complexity index is 1010. The summed E-state index contributed by atoms with van der Waals surface area (Å²) < 4.78 is 0. The van der Waals surface area contributed by atoms with Crippen molar-refractivity contribution in [3.8, 4) is 0 Å². The molecule has 0 saturated heterocycles. The van der Waals surface area contributed by atoms with Crippen LogP contribution in [0.2, 0.25) is 0 Å². The van der Waals surface area contributed by atoms with Crippen molar-refractivity contribution in [2.75, 3.05) is 11.1 Å². The number of carbonyl (C=O) groups is 1. The van der Waals surface area contributed by atoms with E-state index in [9.17, 15) is 9.59 Å². The molecule has 0 aliphatic carbocycles. The van der Waals surface area contributed by atoms with E-state index < -0.39 is 5.91 Å². The molecule has 0 bridgehead atoms. The molecule has 1 heterocycles. The standard InChI is InChI=1S/C20H21N3O2/c1-20(2,3)15-9-8-12(21)10-17(15)23-19(25)14-11-22-16-7-5-4-6-13(16)18(14)24/h4-11H,21H2,1-3H3,(H,22,24)(H,23,25). The minimum Gasteiger partial charge on any atom is -0.399 e. The number of nitrogens with one attached hydrogen (secondary N) is 2. The van der Waals surface area contributed by atoms with Crippen molar-refractivity contribution in [3.05, 3.63) is 70.0 Å². The van der Waals surface area contributed by atoms with Crippen molar-refractivity contribution < 1.29 is 4.79 Å². The molecule has 3 aromatic rings. The molecule has 0 fully saturated rings. The Morgan fingerprint density at radius 1 is 1.12 bits per heavy atom. The molecule has 0 saturated carbocycles. The van der Waals surface area contributed by atoms with Crippen molar-refractivity contribution >= 4 is 28.2 Å². The van der Waals surface area contributed by atoms with E-state index in [1.807, 2.05) is 12.1 Å². The number of aromatic nitrogens is 1. The molecule has 1 amide bonds. The van der Waals surface area contributed by atoms with Gasteiger partial charge >= 0.3 is 0 Å². The summed E-state index contributed by atoms with van der Waals surface area (Å²) in [5, 5.41) is 3.33. The summed E-state index contributed by atoms with van der Waals surface area (Å²) in [5.74, 6) is -0.455. The van der Waals surface area contributed by atoms with Crippen molar-refractivity contribution in [1.82, 2.24) is 4.98 Å². The number of hydrogen-bond donors (Lipinski definition) is 3. The van der Waals surface area contributed by atoms with Gasteiger partial charge in [0.25, 0.3) is 5.91 Å². The van der Waals surface area contributed by atoms with E-state index in [0.717, 1.165) is 5.56 Å². The van der Waals surface area contributed by atoms with Gasteiger partial charge in [-0.05, 0) is 35.2 Å². The minimum atomic E-state index is -0.455. The smallest absolute Gasteiger partial charge is 0.261 e. The maximum absolute atomic E-state index is 12.7. The Kier molecular flexibility index (Phi) is 4.08. The van der Waals surface area contributed by atoms with E-state index >= 15 is 0 Å². The molecule has 0 radical (unpaired) electrons. The summed E-state index contributed by atoms with van der Waals surface area (Å²) in [4.78, 5) is 28.3. The largest absolute Gasteiger partial charge is 0.399 e. The summed E-state index contributed by atoms with van der Waals surface area (Å²) in [6.45, 7) is 6.16. The van der Waals surface area contributed by atoms with Crippen molar-refractivity contribution in [3.63, 3.8) is 0 Å². The fourth-order valence-electron chi connectivity index (χ4n) is 2.85. The van der Waals surface area contributed by atoms with Gasteiger partial charge in [0.05, 0.1) is 0 Å². The molecular formula is C20H21N3O2. The van der Waals surface area contributed by atoms with E-state index in [1.54, 1.807) is 30.3 Å². The van der Waals surface area contributed by atoms with Gasteiger partial charge in [-0.1, -0.05) is 39.0 Å². The highest BCUT2D eigenvalue weighted by molar-refractivity contribution is 6.06. The fraction of sp³-hybridized carbons (Fsp3) is 0.200. The third kappa shape index (κ3) is 3.26. The second kappa shape index (κ2) is 6.09. The predicted octanol–water partition coefficient (Wildman–Crippen LogP) is 3.66. The summed E-state index contributed by atoms with van der Waals surface area (Å²) in [6, 6.07) is 12.5. The quantitative estimate of drug-likeness (QED) is 0.625. The highest BCUT2D eigenvalue weighted by Gasteiger charge is 2.21. The molecule has 4 N–H and O–H groups in total. The lowest BCUT2D eigenvalue weighted by atomic mass is 9.85. The highest BCUT2D eigenvalue weighted by atomic mass is 16.2. The van der Waals surface area contributed by atoms with Crippen LogP contribution in [0.4, 0.5) is 11.4 Å². The van der Waals surface area contributed by atoms with E-state index in [4.69, 9.17) is 5.73 Å². The molecule has 3 rings (SSSR count). The lowest BCUT2D eigenvalue weighted by molar-refractivity contribution is 0.102. The Morgan fingerprint density at radius 3 is 2.56 bits per heavy atom. The number of nitrogen functional groups attached to an aromatic ring is 1. The van der Waals surface area contributed by atoms with Gasteiger partial charge in [0, 0.05) is 28.5 Å². The molecule has 0 atom stereocenters. The van der Waals surface area contributed by atoms with Crippen LogP contribution in [0.3, 0.4) is 0 Å². The zero-order valence-corrected chi connectivity index (χ0v) is 14.5. The van der Waals surface area contributed by atoms with Crippen LogP contribution >= 0.6 is 0 Å². The number of aromatic amines is 1. The van der Waals surface area contributed by atoms with Gasteiger partial charge in [-0.3, -0.25) is 9.59 Å². The first-order chi connectivity index (χ1) is 11.8. The van der Waals surface area contributed by atoms with E-state index in [0.29, 0.717) is 22.3 Å². The van der Waals surface area contributed by atoms with Crippen molar-refractivity contribution in [2.24, 2.45) is 0 Å². The SMILES string of the molecule is CC(C)(C)c1ccc(N)cc1NC(=O)c1c[nH]c2ccccc2c1=O. The third-order valence-electron chi connectivity index (χ3n) is 4.13. The molecule has 0 spiro atoms. The second-order valence-electron chi connectivity index (χ2n) is 7.09. The van der Waals surface area contributed by atoms with Gasteiger partial charge < -0.3 is 16.0 Å². The molecule has 0 aliphatic rings. The molecule has 1 aromatic heterocycles. The number of hydrogen-bond acceptors (Lipinski definition) is 3.